The summed E-state index contributed by atoms with van der Waals surface area (Å²) in [5, 5.41) is 1.40. The zero-order chi connectivity index (χ0) is 16.4. The summed E-state index contributed by atoms with van der Waals surface area (Å²) in [4.78, 5) is 12.2. The van der Waals surface area contributed by atoms with Gasteiger partial charge in [0.2, 0.25) is 5.91 Å². The minimum Gasteiger partial charge on any atom is -0.376 e. The van der Waals surface area contributed by atoms with E-state index in [1.165, 1.54) is 6.92 Å². The topological polar surface area (TPSA) is 72.5 Å². The highest BCUT2D eigenvalue weighted by Crippen LogP contribution is 2.38. The lowest BCUT2D eigenvalue weighted by Gasteiger charge is -2.34. The van der Waals surface area contributed by atoms with Gasteiger partial charge in [0.15, 0.2) is 9.84 Å². The molecule has 2 fully saturated rings. The van der Waals surface area contributed by atoms with Crippen molar-refractivity contribution in [2.24, 2.45) is 5.41 Å². The van der Waals surface area contributed by atoms with Gasteiger partial charge in [-0.2, -0.15) is 0 Å². The molecular weight excluding hydrogens is 302 g/mol. The van der Waals surface area contributed by atoms with E-state index in [2.05, 4.69) is 19.2 Å². The molecule has 128 valence electrons. The molecule has 2 aliphatic rings. The second-order valence-electron chi connectivity index (χ2n) is 7.48. The summed E-state index contributed by atoms with van der Waals surface area (Å²) >= 11 is 0. The van der Waals surface area contributed by atoms with Gasteiger partial charge in [-0.25, -0.2) is 8.42 Å². The third-order valence-corrected chi connectivity index (χ3v) is 7.74. The van der Waals surface area contributed by atoms with Gasteiger partial charge in [0.05, 0.1) is 11.4 Å². The van der Waals surface area contributed by atoms with E-state index in [-0.39, 0.29) is 22.7 Å². The van der Waals surface area contributed by atoms with Gasteiger partial charge < -0.3 is 10.1 Å². The van der Waals surface area contributed by atoms with Gasteiger partial charge in [0, 0.05) is 13.2 Å². The quantitative estimate of drug-likeness (QED) is 0.837. The van der Waals surface area contributed by atoms with E-state index in [4.69, 9.17) is 4.74 Å². The number of carbonyl (C=O) groups is 1. The standard InChI is InChI=1S/C16H29NO4S/c1-12(15(18)17-11-13-5-4-10-21-13)22(19,20)14-6-8-16(2,3)9-7-14/h12-14H,4-11H2,1-3H3,(H,17,18). The number of nitrogens with one attached hydrogen (secondary N) is 1. The highest BCUT2D eigenvalue weighted by Gasteiger charge is 2.39. The monoisotopic (exact) mass is 331 g/mol. The molecule has 0 aromatic heterocycles. The Morgan fingerprint density at radius 2 is 1.91 bits per heavy atom. The maximum absolute atomic E-state index is 12.6. The van der Waals surface area contributed by atoms with Crippen LogP contribution in [0.1, 0.15) is 59.3 Å². The number of rotatable bonds is 5. The Labute approximate surface area is 134 Å². The molecule has 1 saturated carbocycles. The van der Waals surface area contributed by atoms with Crippen molar-refractivity contribution in [1.29, 1.82) is 0 Å². The predicted octanol–water partition coefficient (Wildman–Crippen LogP) is 2.05. The van der Waals surface area contributed by atoms with E-state index >= 15 is 0 Å². The summed E-state index contributed by atoms with van der Waals surface area (Å²) in [6.07, 6.45) is 5.11. The molecule has 5 nitrogen and oxygen atoms in total. The van der Waals surface area contributed by atoms with Gasteiger partial charge in [0.25, 0.3) is 0 Å². The average Bonchev–Trinajstić information content (AvgIpc) is 2.96. The molecule has 2 unspecified atom stereocenters. The van der Waals surface area contributed by atoms with Gasteiger partial charge in [-0.3, -0.25) is 4.79 Å². The number of sulfone groups is 1. The molecule has 0 aromatic carbocycles. The summed E-state index contributed by atoms with van der Waals surface area (Å²) in [7, 11) is -3.41. The zero-order valence-electron chi connectivity index (χ0n) is 13.9. The van der Waals surface area contributed by atoms with Crippen molar-refractivity contribution in [3.8, 4) is 0 Å². The van der Waals surface area contributed by atoms with Crippen LogP contribution in [0.2, 0.25) is 0 Å². The Bertz CT molecular complexity index is 484. The number of hydrogen-bond donors (Lipinski definition) is 1. The SMILES string of the molecule is CC(C(=O)NCC1CCCO1)S(=O)(=O)C1CCC(C)(C)CC1. The number of hydrogen-bond acceptors (Lipinski definition) is 4. The Morgan fingerprint density at radius 1 is 1.27 bits per heavy atom. The van der Waals surface area contributed by atoms with Crippen LogP contribution in [0, 0.1) is 5.41 Å². The first kappa shape index (κ1) is 17.7. The predicted molar refractivity (Wildman–Crippen MR) is 86.4 cm³/mol. The van der Waals surface area contributed by atoms with E-state index in [0.717, 1.165) is 32.3 Å². The van der Waals surface area contributed by atoms with Gasteiger partial charge >= 0.3 is 0 Å². The Balaban J connectivity index is 1.89. The van der Waals surface area contributed by atoms with Crippen LogP contribution in [-0.4, -0.2) is 44.1 Å². The fraction of sp³-hybridized carbons (Fsp3) is 0.938. The normalized spacial score (nSPS) is 27.5. The molecule has 1 saturated heterocycles. The van der Waals surface area contributed by atoms with Crippen molar-refractivity contribution in [3.05, 3.63) is 0 Å². The van der Waals surface area contributed by atoms with Crippen LogP contribution < -0.4 is 5.32 Å². The second-order valence-corrected chi connectivity index (χ2v) is 10.0. The third kappa shape index (κ3) is 4.22. The molecule has 1 amide bonds. The molecule has 1 aliphatic carbocycles. The molecule has 0 bridgehead atoms. The fourth-order valence-corrected chi connectivity index (χ4v) is 5.15. The van der Waals surface area contributed by atoms with E-state index in [9.17, 15) is 13.2 Å². The smallest absolute Gasteiger partial charge is 0.238 e. The zero-order valence-corrected chi connectivity index (χ0v) is 14.7. The van der Waals surface area contributed by atoms with Crippen molar-refractivity contribution < 1.29 is 17.9 Å². The van der Waals surface area contributed by atoms with Crippen LogP contribution in [0.25, 0.3) is 0 Å². The fourth-order valence-electron chi connectivity index (χ4n) is 3.30. The maximum atomic E-state index is 12.6. The van der Waals surface area contributed by atoms with Crippen molar-refractivity contribution in [3.63, 3.8) is 0 Å². The van der Waals surface area contributed by atoms with Crippen LogP contribution >= 0.6 is 0 Å². The van der Waals surface area contributed by atoms with Gasteiger partial charge in [-0.15, -0.1) is 0 Å². The Kier molecular flexibility index (Phi) is 5.54. The van der Waals surface area contributed by atoms with Crippen LogP contribution in [-0.2, 0) is 19.4 Å². The lowest BCUT2D eigenvalue weighted by Crippen LogP contribution is -2.45. The third-order valence-electron chi connectivity index (χ3n) is 5.14. The molecule has 1 aliphatic heterocycles. The van der Waals surface area contributed by atoms with E-state index in [1.54, 1.807) is 0 Å². The minimum atomic E-state index is -3.41. The summed E-state index contributed by atoms with van der Waals surface area (Å²) in [5.74, 6) is -0.389. The van der Waals surface area contributed by atoms with E-state index < -0.39 is 15.1 Å². The van der Waals surface area contributed by atoms with Crippen molar-refractivity contribution in [2.75, 3.05) is 13.2 Å². The van der Waals surface area contributed by atoms with E-state index in [0.29, 0.717) is 19.4 Å². The number of carbonyl (C=O) groups excluding carboxylic acids is 1. The van der Waals surface area contributed by atoms with Crippen molar-refractivity contribution >= 4 is 15.7 Å². The van der Waals surface area contributed by atoms with Crippen molar-refractivity contribution in [2.45, 2.75) is 75.9 Å². The van der Waals surface area contributed by atoms with Crippen molar-refractivity contribution in [1.82, 2.24) is 5.32 Å². The molecule has 2 atom stereocenters. The molecule has 2 rings (SSSR count). The first-order valence-electron chi connectivity index (χ1n) is 8.34. The van der Waals surface area contributed by atoms with Gasteiger partial charge in [-0.05, 0) is 50.9 Å². The highest BCUT2D eigenvalue weighted by atomic mass is 32.2. The lowest BCUT2D eigenvalue weighted by atomic mass is 9.77. The molecular formula is C16H29NO4S. The Hall–Kier alpha value is -0.620. The first-order valence-corrected chi connectivity index (χ1v) is 9.95. The number of amides is 1. The molecule has 0 radical (unpaired) electrons. The first-order chi connectivity index (χ1) is 10.2. The van der Waals surface area contributed by atoms with Gasteiger partial charge in [0.1, 0.15) is 5.25 Å². The minimum absolute atomic E-state index is 0.0364. The summed E-state index contributed by atoms with van der Waals surface area (Å²) in [6.45, 7) is 7.00. The largest absolute Gasteiger partial charge is 0.376 e. The molecule has 6 heteroatoms. The molecule has 22 heavy (non-hydrogen) atoms. The second kappa shape index (κ2) is 6.87. The summed E-state index contributed by atoms with van der Waals surface area (Å²) in [6, 6.07) is 0. The van der Waals surface area contributed by atoms with Gasteiger partial charge in [-0.1, -0.05) is 13.8 Å². The summed E-state index contributed by atoms with van der Waals surface area (Å²) in [5.41, 5.74) is 0.220. The van der Waals surface area contributed by atoms with Crippen LogP contribution in [0.15, 0.2) is 0 Å². The van der Waals surface area contributed by atoms with Crippen LogP contribution in [0.3, 0.4) is 0 Å². The molecule has 1 N–H and O–H groups in total. The summed E-state index contributed by atoms with van der Waals surface area (Å²) < 4.78 is 30.7. The molecule has 0 spiro atoms. The molecule has 1 heterocycles. The van der Waals surface area contributed by atoms with Crippen LogP contribution in [0.5, 0.6) is 0 Å². The number of ether oxygens (including phenoxy) is 1. The Morgan fingerprint density at radius 3 is 2.45 bits per heavy atom. The van der Waals surface area contributed by atoms with E-state index in [1.807, 2.05) is 0 Å². The lowest BCUT2D eigenvalue weighted by molar-refractivity contribution is -0.120. The molecule has 0 aromatic rings. The van der Waals surface area contributed by atoms with Crippen LogP contribution in [0.4, 0.5) is 0 Å². The highest BCUT2D eigenvalue weighted by molar-refractivity contribution is 7.93. The average molecular weight is 331 g/mol. The maximum Gasteiger partial charge on any atom is 0.238 e.